The van der Waals surface area contributed by atoms with Gasteiger partial charge in [0.15, 0.2) is 12.4 Å². The molecule has 2 rings (SSSR count). The van der Waals surface area contributed by atoms with Crippen molar-refractivity contribution in [3.8, 4) is 5.75 Å². The molecule has 0 amide bonds. The van der Waals surface area contributed by atoms with E-state index in [4.69, 9.17) is 4.74 Å². The highest BCUT2D eigenvalue weighted by Gasteiger charge is 2.20. The van der Waals surface area contributed by atoms with E-state index in [0.29, 0.717) is 5.69 Å². The van der Waals surface area contributed by atoms with Gasteiger partial charge >= 0.3 is 0 Å². The van der Waals surface area contributed by atoms with Gasteiger partial charge in [-0.05, 0) is 23.8 Å². The van der Waals surface area contributed by atoms with Crippen LogP contribution in [-0.4, -0.2) is 21.5 Å². The number of aromatic nitrogens is 1. The number of aromatic amines is 1. The summed E-state index contributed by atoms with van der Waals surface area (Å²) in [5.74, 6) is -1.43. The number of carbonyl (C=O) groups is 1. The molecule has 0 fully saturated rings. The minimum absolute atomic E-state index is 0.0370. The van der Waals surface area contributed by atoms with Crippen LogP contribution in [0.4, 0.5) is 5.69 Å². The number of carbonyl (C=O) groups excluding carboxylic acids is 1. The molecule has 0 saturated carbocycles. The number of ether oxygens (including phenoxy) is 1. The van der Waals surface area contributed by atoms with Gasteiger partial charge in [-0.15, -0.1) is 0 Å². The highest BCUT2D eigenvalue weighted by Crippen LogP contribution is 2.26. The van der Waals surface area contributed by atoms with Crippen molar-refractivity contribution >= 4 is 21.7 Å². The monoisotopic (exact) mass is 308 g/mol. The highest BCUT2D eigenvalue weighted by molar-refractivity contribution is 7.92. The average Bonchev–Trinajstić information content (AvgIpc) is 2.47. The molecular weight excluding hydrogens is 296 g/mol. The van der Waals surface area contributed by atoms with Gasteiger partial charge in [0.05, 0.1) is 18.8 Å². The van der Waals surface area contributed by atoms with Crippen LogP contribution in [-0.2, 0) is 10.0 Å². The summed E-state index contributed by atoms with van der Waals surface area (Å²) in [6, 6.07) is 6.51. The van der Waals surface area contributed by atoms with E-state index in [0.717, 1.165) is 6.07 Å². The summed E-state index contributed by atoms with van der Waals surface area (Å²) < 4.78 is 32.0. The van der Waals surface area contributed by atoms with Crippen LogP contribution in [0.15, 0.2) is 47.6 Å². The Morgan fingerprint density at radius 3 is 2.48 bits per heavy atom. The maximum absolute atomic E-state index is 12.3. The number of rotatable bonds is 5. The predicted molar refractivity (Wildman–Crippen MR) is 71.1 cm³/mol. The Hall–Kier alpha value is -2.61. The van der Waals surface area contributed by atoms with E-state index in [9.17, 15) is 18.3 Å². The Morgan fingerprint density at radius 2 is 1.90 bits per heavy atom. The quantitative estimate of drug-likeness (QED) is 0.813. The molecule has 1 aromatic heterocycles. The van der Waals surface area contributed by atoms with Gasteiger partial charge in [-0.25, -0.2) is 13.4 Å². The molecule has 0 saturated heterocycles. The Morgan fingerprint density at radius 1 is 1.24 bits per heavy atom. The van der Waals surface area contributed by atoms with Crippen molar-refractivity contribution in [2.45, 2.75) is 4.90 Å². The maximum Gasteiger partial charge on any atom is 0.265 e. The third kappa shape index (κ3) is 3.29. The second-order valence-electron chi connectivity index (χ2n) is 4.05. The van der Waals surface area contributed by atoms with Crippen LogP contribution in [0.25, 0.3) is 0 Å². The number of carboxylic acids is 1. The van der Waals surface area contributed by atoms with E-state index in [1.54, 1.807) is 12.4 Å². The smallest absolute Gasteiger partial charge is 0.265 e. The highest BCUT2D eigenvalue weighted by atomic mass is 32.2. The fourth-order valence-corrected chi connectivity index (χ4v) is 2.93. The van der Waals surface area contributed by atoms with Crippen LogP contribution < -0.4 is 19.5 Å². The number of anilines is 1. The Balaban J connectivity index is 2.48. The number of aromatic carboxylic acids is 1. The maximum atomic E-state index is 12.3. The summed E-state index contributed by atoms with van der Waals surface area (Å²) in [6.07, 6.45) is 3.10. The molecule has 0 radical (unpaired) electrons. The fourth-order valence-electron chi connectivity index (χ4n) is 1.68. The molecule has 2 N–H and O–H groups in total. The first-order valence-corrected chi connectivity index (χ1v) is 7.30. The van der Waals surface area contributed by atoms with Gasteiger partial charge in [-0.2, -0.15) is 0 Å². The predicted octanol–water partition coefficient (Wildman–Crippen LogP) is -0.326. The van der Waals surface area contributed by atoms with Gasteiger partial charge in [0.1, 0.15) is 10.6 Å². The topological polar surface area (TPSA) is 110 Å². The molecule has 1 heterocycles. The second-order valence-corrected chi connectivity index (χ2v) is 5.70. The van der Waals surface area contributed by atoms with Crippen molar-refractivity contribution in [2.24, 2.45) is 0 Å². The summed E-state index contributed by atoms with van der Waals surface area (Å²) in [5.41, 5.74) is 0.0761. The summed E-state index contributed by atoms with van der Waals surface area (Å²) in [4.78, 5) is 13.3. The molecule has 7 nitrogen and oxygen atoms in total. The standard InChI is InChI=1S/C13H12N2O5S/c1-20-11-3-2-9(13(16)17)8-12(11)21(18,19)15-10-4-6-14-7-5-10/h2-8H,1H3,(H,14,15)(H,16,17). The van der Waals surface area contributed by atoms with Crippen molar-refractivity contribution in [2.75, 3.05) is 11.8 Å². The molecule has 0 unspecified atom stereocenters. The molecular formula is C13H12N2O5S. The molecule has 0 aliphatic heterocycles. The lowest BCUT2D eigenvalue weighted by Gasteiger charge is -2.13. The number of sulfonamides is 1. The van der Waals surface area contributed by atoms with E-state index in [2.05, 4.69) is 9.71 Å². The molecule has 0 bridgehead atoms. The lowest BCUT2D eigenvalue weighted by Crippen LogP contribution is -2.23. The van der Waals surface area contributed by atoms with Crippen molar-refractivity contribution in [3.63, 3.8) is 0 Å². The van der Waals surface area contributed by atoms with Crippen molar-refractivity contribution in [3.05, 3.63) is 48.3 Å². The third-order valence-electron chi connectivity index (χ3n) is 2.66. The molecule has 0 aliphatic rings. The summed E-state index contributed by atoms with van der Waals surface area (Å²) in [7, 11) is -2.70. The number of hydrogen-bond donors (Lipinski definition) is 1. The van der Waals surface area contributed by atoms with Crippen LogP contribution in [0, 0.1) is 0 Å². The molecule has 2 aromatic rings. The fraction of sp³-hybridized carbons (Fsp3) is 0.0769. The molecule has 110 valence electrons. The molecule has 8 heteroatoms. The molecule has 1 aromatic carbocycles. The Bertz CT molecular complexity index is 759. The van der Waals surface area contributed by atoms with Gasteiger partial charge in [0.25, 0.3) is 10.0 Å². The normalized spacial score (nSPS) is 10.9. The SMILES string of the molecule is COc1ccc(C(=O)[O-])cc1S(=O)(=O)Nc1cc[nH+]cc1. The molecule has 0 atom stereocenters. The van der Waals surface area contributed by atoms with Crippen LogP contribution in [0.3, 0.4) is 0 Å². The van der Waals surface area contributed by atoms with E-state index in [1.165, 1.54) is 31.4 Å². The Labute approximate surface area is 121 Å². The first kappa shape index (κ1) is 14.8. The average molecular weight is 308 g/mol. The van der Waals surface area contributed by atoms with Crippen molar-refractivity contribution in [1.82, 2.24) is 0 Å². The van der Waals surface area contributed by atoms with Crippen molar-refractivity contribution in [1.29, 1.82) is 0 Å². The summed E-state index contributed by atoms with van der Waals surface area (Å²) in [6.45, 7) is 0. The van der Waals surface area contributed by atoms with Gasteiger partial charge < -0.3 is 14.6 Å². The first-order chi connectivity index (χ1) is 9.94. The van der Waals surface area contributed by atoms with E-state index in [1.807, 2.05) is 0 Å². The van der Waals surface area contributed by atoms with Gasteiger partial charge in [0, 0.05) is 12.1 Å². The van der Waals surface area contributed by atoms with Gasteiger partial charge in [-0.3, -0.25) is 4.72 Å². The van der Waals surface area contributed by atoms with Gasteiger partial charge in [-0.1, -0.05) is 0 Å². The lowest BCUT2D eigenvalue weighted by atomic mass is 10.2. The number of pyridine rings is 1. The zero-order chi connectivity index (χ0) is 15.5. The van der Waals surface area contributed by atoms with Crippen LogP contribution in [0.1, 0.15) is 10.4 Å². The van der Waals surface area contributed by atoms with E-state index >= 15 is 0 Å². The van der Waals surface area contributed by atoms with Crippen molar-refractivity contribution < 1.29 is 28.0 Å². The molecule has 0 aliphatic carbocycles. The number of H-pyrrole nitrogens is 1. The number of hydrogen-bond acceptors (Lipinski definition) is 5. The van der Waals surface area contributed by atoms with Crippen LogP contribution >= 0.6 is 0 Å². The first-order valence-electron chi connectivity index (χ1n) is 5.82. The third-order valence-corrected chi connectivity index (χ3v) is 4.06. The largest absolute Gasteiger partial charge is 0.545 e. The van der Waals surface area contributed by atoms with E-state index < -0.39 is 16.0 Å². The minimum Gasteiger partial charge on any atom is -0.545 e. The number of methoxy groups -OCH3 is 1. The van der Waals surface area contributed by atoms with E-state index in [-0.39, 0.29) is 16.2 Å². The van der Waals surface area contributed by atoms with Crippen LogP contribution in [0.5, 0.6) is 5.75 Å². The number of benzene rings is 1. The zero-order valence-corrected chi connectivity index (χ0v) is 11.8. The van der Waals surface area contributed by atoms with Gasteiger partial charge in [0.2, 0.25) is 0 Å². The number of nitrogens with one attached hydrogen (secondary N) is 2. The zero-order valence-electron chi connectivity index (χ0n) is 11.0. The summed E-state index contributed by atoms with van der Waals surface area (Å²) >= 11 is 0. The second kappa shape index (κ2) is 5.80. The summed E-state index contributed by atoms with van der Waals surface area (Å²) in [5, 5.41) is 10.9. The van der Waals surface area contributed by atoms with Crippen LogP contribution in [0.2, 0.25) is 0 Å². The Kier molecular flexibility index (Phi) is 4.08. The number of carboxylic acid groups (broad SMARTS) is 1. The minimum atomic E-state index is -3.99. The molecule has 0 spiro atoms. The lowest BCUT2D eigenvalue weighted by molar-refractivity contribution is -0.377. The molecule has 21 heavy (non-hydrogen) atoms.